The van der Waals surface area contributed by atoms with Gasteiger partial charge in [0.25, 0.3) is 0 Å². The van der Waals surface area contributed by atoms with Crippen LogP contribution in [0.1, 0.15) is 52.6 Å². The number of likely N-dealkylation sites (N-methyl/N-ethyl adjacent to an activating group) is 1. The first-order chi connectivity index (χ1) is 12.5. The summed E-state index contributed by atoms with van der Waals surface area (Å²) in [4.78, 5) is 30.0. The van der Waals surface area contributed by atoms with Crippen molar-refractivity contribution < 1.29 is 28.2 Å². The second-order valence-electron chi connectivity index (χ2n) is 7.52. The number of carbonyl (C=O) groups is 2. The Balaban J connectivity index is 0.00000196. The van der Waals surface area contributed by atoms with Crippen LogP contribution in [0.3, 0.4) is 0 Å². The van der Waals surface area contributed by atoms with E-state index in [2.05, 4.69) is 25.7 Å². The van der Waals surface area contributed by atoms with Crippen LogP contribution >= 0.6 is 0 Å². The summed E-state index contributed by atoms with van der Waals surface area (Å²) in [6.45, 7) is 8.62. The van der Waals surface area contributed by atoms with E-state index in [1.165, 1.54) is 10.5 Å². The summed E-state index contributed by atoms with van der Waals surface area (Å²) in [5, 5.41) is 0. The standard InChI is InChI=1S/C21H30N2O3.ClH/c1-5-22(6-2)15(3)14-23-19(24)13-21(20(23)25)11-7-8-16-9-10-17(26-4)12-18(16)21;/h9-10,12,15H,5-8,11,13-14H2,1-4H3;1H. The molecule has 1 aromatic carbocycles. The molecule has 2 amide bonds. The molecule has 1 aromatic rings. The third kappa shape index (κ3) is 3.72. The zero-order valence-electron chi connectivity index (χ0n) is 17.8. The third-order valence-corrected chi connectivity index (χ3v) is 6.17. The van der Waals surface area contributed by atoms with E-state index in [4.69, 9.17) is 4.74 Å². The maximum atomic E-state index is 13.4. The highest BCUT2D eigenvalue weighted by atomic mass is 35.5. The summed E-state index contributed by atoms with van der Waals surface area (Å²) in [5.74, 6) is 0.695. The van der Waals surface area contributed by atoms with Crippen molar-refractivity contribution >= 4 is 11.8 Å². The van der Waals surface area contributed by atoms with Crippen molar-refractivity contribution in [3.05, 3.63) is 29.3 Å². The first-order valence-electron chi connectivity index (χ1n) is 9.73. The number of amides is 2. The van der Waals surface area contributed by atoms with E-state index in [0.717, 1.165) is 43.7 Å². The van der Waals surface area contributed by atoms with Crippen LogP contribution in [0.2, 0.25) is 0 Å². The predicted octanol–water partition coefficient (Wildman–Crippen LogP) is -0.125. The second kappa shape index (κ2) is 8.61. The molecule has 1 fully saturated rings. The minimum Gasteiger partial charge on any atom is -1.00 e. The first-order valence-corrected chi connectivity index (χ1v) is 9.73. The van der Waals surface area contributed by atoms with Crippen LogP contribution in [0.5, 0.6) is 5.75 Å². The Hall–Kier alpha value is -1.59. The van der Waals surface area contributed by atoms with Gasteiger partial charge in [-0.2, -0.15) is 0 Å². The topological polar surface area (TPSA) is 49.9 Å². The zero-order valence-corrected chi connectivity index (χ0v) is 17.5. The molecular formula is C21H31ClN2O3. The van der Waals surface area contributed by atoms with Crippen LogP contribution in [0.15, 0.2) is 18.2 Å². The number of methoxy groups -OCH3 is 1. The van der Waals surface area contributed by atoms with Gasteiger partial charge in [0.2, 0.25) is 11.8 Å². The second-order valence-corrected chi connectivity index (χ2v) is 7.52. The molecule has 0 saturated carbocycles. The monoisotopic (exact) mass is 394 g/mol. The number of imide groups is 1. The molecule has 6 heteroatoms. The molecule has 3 rings (SSSR count). The average molecular weight is 395 g/mol. The Morgan fingerprint density at radius 1 is 1.30 bits per heavy atom. The molecule has 0 aromatic heterocycles. The molecule has 2 unspecified atom stereocenters. The van der Waals surface area contributed by atoms with E-state index >= 15 is 0 Å². The van der Waals surface area contributed by atoms with Gasteiger partial charge in [-0.05, 0) is 62.5 Å². The number of nitrogens with zero attached hydrogens (tertiary/aromatic N) is 2. The number of hydrogen-bond donors (Lipinski definition) is 0. The van der Waals surface area contributed by atoms with E-state index in [0.29, 0.717) is 6.54 Å². The highest BCUT2D eigenvalue weighted by Gasteiger charge is 2.54. The molecule has 1 aliphatic carbocycles. The Morgan fingerprint density at radius 3 is 2.63 bits per heavy atom. The Bertz CT molecular complexity index is 711. The zero-order chi connectivity index (χ0) is 18.9. The maximum Gasteiger partial charge on any atom is 1.00 e. The Labute approximate surface area is 169 Å². The van der Waals surface area contributed by atoms with Gasteiger partial charge >= 0.3 is 1.43 Å². The van der Waals surface area contributed by atoms with E-state index in [1.807, 2.05) is 18.2 Å². The summed E-state index contributed by atoms with van der Waals surface area (Å²) in [6.07, 6.45) is 2.93. The molecule has 150 valence electrons. The largest absolute Gasteiger partial charge is 1.00 e. The number of carbonyl (C=O) groups excluding carboxylic acids is 2. The van der Waals surface area contributed by atoms with Gasteiger partial charge in [-0.15, -0.1) is 0 Å². The van der Waals surface area contributed by atoms with E-state index < -0.39 is 5.41 Å². The predicted molar refractivity (Wildman–Crippen MR) is 102 cm³/mol. The summed E-state index contributed by atoms with van der Waals surface area (Å²) in [5.41, 5.74) is 1.48. The normalized spacial score (nSPS) is 22.8. The molecular weight excluding hydrogens is 364 g/mol. The van der Waals surface area contributed by atoms with Crippen molar-refractivity contribution in [3.8, 4) is 5.75 Å². The van der Waals surface area contributed by atoms with Crippen LogP contribution in [0.25, 0.3) is 0 Å². The number of rotatable bonds is 6. The average Bonchev–Trinajstić information content (AvgIpc) is 2.87. The summed E-state index contributed by atoms with van der Waals surface area (Å²) >= 11 is 0. The molecule has 1 spiro atoms. The van der Waals surface area contributed by atoms with Crippen molar-refractivity contribution in [3.63, 3.8) is 0 Å². The van der Waals surface area contributed by atoms with Gasteiger partial charge < -0.3 is 17.1 Å². The fraction of sp³-hybridized carbons (Fsp3) is 0.619. The molecule has 0 radical (unpaired) electrons. The van der Waals surface area contributed by atoms with Crippen molar-refractivity contribution in [2.75, 3.05) is 26.7 Å². The molecule has 2 atom stereocenters. The lowest BCUT2D eigenvalue weighted by Crippen LogP contribution is -3.00. The van der Waals surface area contributed by atoms with E-state index in [9.17, 15) is 9.59 Å². The van der Waals surface area contributed by atoms with Crippen LogP contribution < -0.4 is 17.1 Å². The maximum absolute atomic E-state index is 13.4. The SMILES string of the molecule is CCN(CC)C(C)CN1C(=O)CC2(CCCc3ccc(OC)cc32)C1=O.[Cl-].[H+]. The van der Waals surface area contributed by atoms with Gasteiger partial charge in [0.15, 0.2) is 0 Å². The molecule has 1 saturated heterocycles. The quantitative estimate of drug-likeness (QED) is 0.631. The van der Waals surface area contributed by atoms with E-state index in [1.54, 1.807) is 7.11 Å². The molecule has 5 nitrogen and oxygen atoms in total. The minimum absolute atomic E-state index is 0. The van der Waals surface area contributed by atoms with Crippen molar-refractivity contribution in [1.82, 2.24) is 9.80 Å². The lowest BCUT2D eigenvalue weighted by atomic mass is 9.69. The molecule has 1 aliphatic heterocycles. The molecule has 27 heavy (non-hydrogen) atoms. The smallest absolute Gasteiger partial charge is 1.00 e. The van der Waals surface area contributed by atoms with Crippen LogP contribution in [0.4, 0.5) is 0 Å². The lowest BCUT2D eigenvalue weighted by molar-refractivity contribution is -0.141. The van der Waals surface area contributed by atoms with Gasteiger partial charge in [-0.3, -0.25) is 19.4 Å². The lowest BCUT2D eigenvalue weighted by Gasteiger charge is -2.35. The van der Waals surface area contributed by atoms with E-state index in [-0.39, 0.29) is 38.1 Å². The fourth-order valence-corrected chi connectivity index (χ4v) is 4.68. The van der Waals surface area contributed by atoms with Gasteiger partial charge in [-0.1, -0.05) is 19.9 Å². The van der Waals surface area contributed by atoms with Gasteiger partial charge in [0.1, 0.15) is 5.75 Å². The summed E-state index contributed by atoms with van der Waals surface area (Å²) < 4.78 is 5.38. The highest BCUT2D eigenvalue weighted by molar-refractivity contribution is 6.09. The number of halogens is 1. The molecule has 1 heterocycles. The minimum atomic E-state index is -0.692. The Morgan fingerprint density at radius 2 is 2.00 bits per heavy atom. The number of likely N-dealkylation sites (tertiary alicyclic amines) is 1. The van der Waals surface area contributed by atoms with Gasteiger partial charge in [0.05, 0.1) is 12.5 Å². The molecule has 0 N–H and O–H groups in total. The number of hydrogen-bond acceptors (Lipinski definition) is 4. The number of fused-ring (bicyclic) bond motifs is 2. The van der Waals surface area contributed by atoms with Crippen molar-refractivity contribution in [2.24, 2.45) is 0 Å². The molecule has 2 aliphatic rings. The van der Waals surface area contributed by atoms with Crippen LogP contribution in [0, 0.1) is 0 Å². The number of benzene rings is 1. The fourth-order valence-electron chi connectivity index (χ4n) is 4.68. The van der Waals surface area contributed by atoms with Crippen molar-refractivity contribution in [1.29, 1.82) is 0 Å². The number of aryl methyl sites for hydroxylation is 1. The Kier molecular flexibility index (Phi) is 6.92. The first kappa shape index (κ1) is 21.7. The van der Waals surface area contributed by atoms with Crippen LogP contribution in [-0.4, -0.2) is 54.4 Å². The molecule has 0 bridgehead atoms. The van der Waals surface area contributed by atoms with Crippen LogP contribution in [-0.2, 0) is 21.4 Å². The van der Waals surface area contributed by atoms with Gasteiger partial charge in [0, 0.05) is 19.0 Å². The summed E-state index contributed by atoms with van der Waals surface area (Å²) in [7, 11) is 1.64. The summed E-state index contributed by atoms with van der Waals surface area (Å²) in [6, 6.07) is 6.13. The van der Waals surface area contributed by atoms with Crippen molar-refractivity contribution in [2.45, 2.75) is 57.9 Å². The number of ether oxygens (including phenoxy) is 1. The van der Waals surface area contributed by atoms with Gasteiger partial charge in [-0.25, -0.2) is 0 Å². The third-order valence-electron chi connectivity index (χ3n) is 6.17. The highest BCUT2D eigenvalue weighted by Crippen LogP contribution is 2.46.